The molecular weight excluding hydrogens is 278 g/mol. The molecule has 112 valence electrons. The number of pyridine rings is 1. The van der Waals surface area contributed by atoms with E-state index in [9.17, 15) is 4.79 Å². The van der Waals surface area contributed by atoms with E-state index in [0.717, 1.165) is 12.1 Å². The maximum Gasteiger partial charge on any atom is 0.356 e. The topological polar surface area (TPSA) is 57.0 Å². The van der Waals surface area contributed by atoms with Gasteiger partial charge >= 0.3 is 5.97 Å². The van der Waals surface area contributed by atoms with E-state index in [1.54, 1.807) is 12.5 Å². The quantitative estimate of drug-likeness (QED) is 0.813. The van der Waals surface area contributed by atoms with Gasteiger partial charge in [0.15, 0.2) is 0 Å². The highest BCUT2D eigenvalue weighted by Crippen LogP contribution is 2.33. The van der Waals surface area contributed by atoms with Gasteiger partial charge in [0.1, 0.15) is 5.69 Å². The molecule has 1 aliphatic rings. The highest BCUT2D eigenvalue weighted by Gasteiger charge is 2.32. The molecule has 0 saturated heterocycles. The van der Waals surface area contributed by atoms with Crippen molar-refractivity contribution in [3.63, 3.8) is 0 Å². The molecule has 0 aliphatic heterocycles. The van der Waals surface area contributed by atoms with Gasteiger partial charge in [-0.3, -0.25) is 4.98 Å². The van der Waals surface area contributed by atoms with E-state index in [4.69, 9.17) is 4.74 Å². The zero-order valence-electron chi connectivity index (χ0n) is 12.3. The number of carbonyl (C=O) groups excluding carboxylic acids is 1. The van der Waals surface area contributed by atoms with Crippen molar-refractivity contribution in [1.29, 1.82) is 0 Å². The molecule has 22 heavy (non-hydrogen) atoms. The highest BCUT2D eigenvalue weighted by molar-refractivity contribution is 5.87. The second-order valence-electron chi connectivity index (χ2n) is 5.26. The molecule has 1 aliphatic carbocycles. The molecule has 0 bridgehead atoms. The fraction of sp³-hybridized carbons (Fsp3) is 0.235. The highest BCUT2D eigenvalue weighted by atomic mass is 16.5. The van der Waals surface area contributed by atoms with Crippen LogP contribution >= 0.6 is 0 Å². The number of aromatic nitrogens is 3. The maximum absolute atomic E-state index is 11.8. The average Bonchev–Trinajstić information content (AvgIpc) is 3.04. The standard InChI is InChI=1S/C17H17N3O2/c1-22-16(21)14-11-18-13-20(14)12-17(8-4-2-5-9-17)15-7-3-6-10-19-15/h2-8,10-11,13H,9,12H2,1H3. The molecular formula is C17H17N3O2. The number of nitrogens with zero attached hydrogens (tertiary/aromatic N) is 3. The van der Waals surface area contributed by atoms with Crippen LogP contribution in [0.4, 0.5) is 0 Å². The molecule has 1 unspecified atom stereocenters. The first-order chi connectivity index (χ1) is 10.7. The van der Waals surface area contributed by atoms with E-state index in [1.165, 1.54) is 13.3 Å². The summed E-state index contributed by atoms with van der Waals surface area (Å²) in [5.74, 6) is -0.385. The van der Waals surface area contributed by atoms with E-state index in [2.05, 4.69) is 22.1 Å². The van der Waals surface area contributed by atoms with Crippen molar-refractivity contribution >= 4 is 5.97 Å². The molecule has 2 aromatic rings. The zero-order chi connectivity index (χ0) is 15.4. The van der Waals surface area contributed by atoms with Crippen molar-refractivity contribution in [2.75, 3.05) is 7.11 Å². The minimum absolute atomic E-state index is 0.292. The molecule has 0 N–H and O–H groups in total. The third kappa shape index (κ3) is 2.57. The van der Waals surface area contributed by atoms with Crippen LogP contribution in [0.25, 0.3) is 0 Å². The van der Waals surface area contributed by atoms with Gasteiger partial charge in [0.05, 0.1) is 30.7 Å². The minimum Gasteiger partial charge on any atom is -0.464 e. The second-order valence-corrected chi connectivity index (χ2v) is 5.26. The summed E-state index contributed by atoms with van der Waals surface area (Å²) >= 11 is 0. The number of rotatable bonds is 4. The van der Waals surface area contributed by atoms with Crippen LogP contribution in [0, 0.1) is 0 Å². The molecule has 0 fully saturated rings. The Balaban J connectivity index is 1.99. The fourth-order valence-electron chi connectivity index (χ4n) is 2.74. The lowest BCUT2D eigenvalue weighted by Gasteiger charge is -2.31. The molecule has 5 heteroatoms. The van der Waals surface area contributed by atoms with Gasteiger partial charge in [0.2, 0.25) is 0 Å². The summed E-state index contributed by atoms with van der Waals surface area (Å²) in [5.41, 5.74) is 1.13. The van der Waals surface area contributed by atoms with Crippen molar-refractivity contribution < 1.29 is 9.53 Å². The summed E-state index contributed by atoms with van der Waals surface area (Å²) in [4.78, 5) is 20.4. The van der Waals surface area contributed by atoms with Crippen molar-refractivity contribution in [2.24, 2.45) is 0 Å². The fourth-order valence-corrected chi connectivity index (χ4v) is 2.74. The summed E-state index contributed by atoms with van der Waals surface area (Å²) < 4.78 is 6.64. The number of ether oxygens (including phenoxy) is 1. The Kier molecular flexibility index (Phi) is 3.87. The molecule has 0 radical (unpaired) electrons. The number of methoxy groups -OCH3 is 1. The second kappa shape index (κ2) is 5.97. The van der Waals surface area contributed by atoms with Crippen LogP contribution in [0.15, 0.2) is 61.2 Å². The zero-order valence-corrected chi connectivity index (χ0v) is 12.3. The Morgan fingerprint density at radius 3 is 3.00 bits per heavy atom. The lowest BCUT2D eigenvalue weighted by molar-refractivity contribution is 0.0587. The summed E-state index contributed by atoms with van der Waals surface area (Å²) in [6.45, 7) is 0.579. The normalized spacial score (nSPS) is 20.0. The monoisotopic (exact) mass is 295 g/mol. The summed E-state index contributed by atoms with van der Waals surface area (Å²) in [6.07, 6.45) is 14.1. The van der Waals surface area contributed by atoms with E-state index in [-0.39, 0.29) is 11.4 Å². The van der Waals surface area contributed by atoms with Crippen LogP contribution < -0.4 is 0 Å². The Bertz CT molecular complexity index is 719. The van der Waals surface area contributed by atoms with Gasteiger partial charge in [-0.05, 0) is 18.6 Å². The first-order valence-corrected chi connectivity index (χ1v) is 7.09. The van der Waals surface area contributed by atoms with Crippen molar-refractivity contribution in [3.05, 3.63) is 72.6 Å². The number of imidazole rings is 1. The third-order valence-corrected chi connectivity index (χ3v) is 3.88. The molecule has 0 saturated carbocycles. The molecule has 3 rings (SSSR count). The molecule has 1 atom stereocenters. The van der Waals surface area contributed by atoms with Gasteiger partial charge in [-0.2, -0.15) is 0 Å². The Hall–Kier alpha value is -2.69. The van der Waals surface area contributed by atoms with Crippen LogP contribution in [-0.2, 0) is 16.7 Å². The van der Waals surface area contributed by atoms with Gasteiger partial charge in [0.25, 0.3) is 0 Å². The molecule has 0 aromatic carbocycles. The molecule has 2 aromatic heterocycles. The molecule has 0 amide bonds. The van der Waals surface area contributed by atoms with Crippen LogP contribution in [0.2, 0.25) is 0 Å². The first kappa shape index (κ1) is 14.3. The van der Waals surface area contributed by atoms with E-state index >= 15 is 0 Å². The lowest BCUT2D eigenvalue weighted by atomic mass is 9.78. The van der Waals surface area contributed by atoms with Gasteiger partial charge in [-0.15, -0.1) is 0 Å². The predicted octanol–water partition coefficient (Wildman–Crippen LogP) is 2.52. The number of esters is 1. The van der Waals surface area contributed by atoms with Crippen LogP contribution in [-0.4, -0.2) is 27.6 Å². The minimum atomic E-state index is -0.385. The average molecular weight is 295 g/mol. The van der Waals surface area contributed by atoms with Crippen molar-refractivity contribution in [2.45, 2.75) is 18.4 Å². The lowest BCUT2D eigenvalue weighted by Crippen LogP contribution is -2.32. The van der Waals surface area contributed by atoms with Gasteiger partial charge < -0.3 is 9.30 Å². The number of hydrogen-bond acceptors (Lipinski definition) is 4. The van der Waals surface area contributed by atoms with Crippen LogP contribution in [0.5, 0.6) is 0 Å². The smallest absolute Gasteiger partial charge is 0.356 e. The Labute approximate surface area is 129 Å². The summed E-state index contributed by atoms with van der Waals surface area (Å²) in [6, 6.07) is 5.89. The molecule has 0 spiro atoms. The van der Waals surface area contributed by atoms with Crippen LogP contribution in [0.1, 0.15) is 22.6 Å². The Morgan fingerprint density at radius 1 is 1.41 bits per heavy atom. The Morgan fingerprint density at radius 2 is 2.32 bits per heavy atom. The van der Waals surface area contributed by atoms with Crippen LogP contribution in [0.3, 0.4) is 0 Å². The molecule has 2 heterocycles. The van der Waals surface area contributed by atoms with E-state index in [0.29, 0.717) is 12.2 Å². The van der Waals surface area contributed by atoms with Gasteiger partial charge in [0, 0.05) is 12.7 Å². The molecule has 5 nitrogen and oxygen atoms in total. The number of allylic oxidation sites excluding steroid dienone is 4. The summed E-state index contributed by atoms with van der Waals surface area (Å²) in [7, 11) is 1.37. The van der Waals surface area contributed by atoms with Crippen molar-refractivity contribution in [1.82, 2.24) is 14.5 Å². The third-order valence-electron chi connectivity index (χ3n) is 3.88. The largest absolute Gasteiger partial charge is 0.464 e. The van der Waals surface area contributed by atoms with Crippen molar-refractivity contribution in [3.8, 4) is 0 Å². The summed E-state index contributed by atoms with van der Waals surface area (Å²) in [5, 5.41) is 0. The van der Waals surface area contributed by atoms with Gasteiger partial charge in [-0.1, -0.05) is 30.4 Å². The number of carbonyl (C=O) groups is 1. The maximum atomic E-state index is 11.8. The van der Waals surface area contributed by atoms with E-state index in [1.807, 2.05) is 34.9 Å². The van der Waals surface area contributed by atoms with Gasteiger partial charge in [-0.25, -0.2) is 9.78 Å². The van der Waals surface area contributed by atoms with E-state index < -0.39 is 0 Å². The first-order valence-electron chi connectivity index (χ1n) is 7.09. The number of hydrogen-bond donors (Lipinski definition) is 0. The predicted molar refractivity (Wildman–Crippen MR) is 82.4 cm³/mol. The SMILES string of the molecule is COC(=O)c1cncn1CC1(c2ccccn2)C=CC=CC1.